The molecule has 1 N–H and O–H groups in total. The lowest BCUT2D eigenvalue weighted by atomic mass is 10.1. The van der Waals surface area contributed by atoms with Crippen LogP contribution in [0.1, 0.15) is 11.1 Å². The molecule has 18 heavy (non-hydrogen) atoms. The average Bonchev–Trinajstić information content (AvgIpc) is 2.24. The van der Waals surface area contributed by atoms with E-state index >= 15 is 0 Å². The van der Waals surface area contributed by atoms with Gasteiger partial charge in [0.1, 0.15) is 5.82 Å². The minimum Gasteiger partial charge on any atom is -0.479 e. The summed E-state index contributed by atoms with van der Waals surface area (Å²) in [5, 5.41) is 11.3. The molecule has 0 unspecified atom stereocenters. The second-order valence-electron chi connectivity index (χ2n) is 3.14. The number of benzene rings is 1. The van der Waals surface area contributed by atoms with E-state index in [2.05, 4.69) is 9.99 Å². The Morgan fingerprint density at radius 2 is 2.11 bits per heavy atom. The first-order valence-corrected chi connectivity index (χ1v) is 4.54. The highest BCUT2D eigenvalue weighted by atomic mass is 19.4. The molecule has 0 atom stereocenters. The molecule has 0 spiro atoms. The molecule has 0 aliphatic rings. The van der Waals surface area contributed by atoms with Crippen molar-refractivity contribution in [3.8, 4) is 0 Å². The van der Waals surface area contributed by atoms with Crippen LogP contribution in [0.25, 0.3) is 0 Å². The zero-order chi connectivity index (χ0) is 13.8. The predicted molar refractivity (Wildman–Crippen MR) is 52.6 cm³/mol. The van der Waals surface area contributed by atoms with Crippen molar-refractivity contribution in [3.05, 3.63) is 35.1 Å². The van der Waals surface area contributed by atoms with Gasteiger partial charge in [-0.2, -0.15) is 13.2 Å². The normalized spacial score (nSPS) is 11.8. The fourth-order valence-corrected chi connectivity index (χ4v) is 1.03. The van der Waals surface area contributed by atoms with Gasteiger partial charge >= 0.3 is 12.1 Å². The summed E-state index contributed by atoms with van der Waals surface area (Å²) in [6.07, 6.45) is -3.95. The Balaban J connectivity index is 2.83. The van der Waals surface area contributed by atoms with Crippen molar-refractivity contribution in [1.82, 2.24) is 0 Å². The van der Waals surface area contributed by atoms with Crippen LogP contribution in [0.4, 0.5) is 17.6 Å². The van der Waals surface area contributed by atoms with E-state index in [0.717, 1.165) is 12.3 Å². The number of rotatable bonds is 4. The number of aliphatic carboxylic acids is 1. The lowest BCUT2D eigenvalue weighted by Gasteiger charge is -2.08. The predicted octanol–water partition coefficient (Wildman–Crippen LogP) is 2.28. The van der Waals surface area contributed by atoms with Gasteiger partial charge in [-0.15, -0.1) is 0 Å². The van der Waals surface area contributed by atoms with Crippen LogP contribution in [0.5, 0.6) is 0 Å². The van der Waals surface area contributed by atoms with E-state index in [0.29, 0.717) is 12.1 Å². The van der Waals surface area contributed by atoms with Gasteiger partial charge in [-0.3, -0.25) is 0 Å². The second kappa shape index (κ2) is 5.48. The average molecular weight is 265 g/mol. The fourth-order valence-electron chi connectivity index (χ4n) is 1.03. The van der Waals surface area contributed by atoms with Crippen molar-refractivity contribution < 1.29 is 32.3 Å². The highest BCUT2D eigenvalue weighted by Gasteiger charge is 2.34. The molecule has 1 aromatic rings. The van der Waals surface area contributed by atoms with Crippen molar-refractivity contribution in [1.29, 1.82) is 0 Å². The molecule has 1 rings (SSSR count). The molecule has 98 valence electrons. The Morgan fingerprint density at radius 3 is 2.67 bits per heavy atom. The maximum atomic E-state index is 12.9. The molecular weight excluding hydrogens is 258 g/mol. The van der Waals surface area contributed by atoms with Crippen molar-refractivity contribution in [2.45, 2.75) is 6.18 Å². The van der Waals surface area contributed by atoms with Gasteiger partial charge in [0.2, 0.25) is 6.61 Å². The van der Waals surface area contributed by atoms with E-state index in [9.17, 15) is 22.4 Å². The van der Waals surface area contributed by atoms with Gasteiger partial charge in [0.15, 0.2) is 0 Å². The van der Waals surface area contributed by atoms with E-state index in [-0.39, 0.29) is 5.56 Å². The first-order valence-electron chi connectivity index (χ1n) is 4.54. The first kappa shape index (κ1) is 13.9. The van der Waals surface area contributed by atoms with Crippen molar-refractivity contribution in [2.24, 2.45) is 5.16 Å². The zero-order valence-electron chi connectivity index (χ0n) is 8.74. The number of hydrogen-bond acceptors (Lipinski definition) is 3. The fraction of sp³-hybridized carbons (Fsp3) is 0.200. The van der Waals surface area contributed by atoms with Gasteiger partial charge < -0.3 is 9.94 Å². The maximum Gasteiger partial charge on any atom is 0.419 e. The Kier molecular flexibility index (Phi) is 4.24. The van der Waals surface area contributed by atoms with E-state index in [1.807, 2.05) is 0 Å². The zero-order valence-corrected chi connectivity index (χ0v) is 8.74. The number of carbonyl (C=O) groups is 1. The summed E-state index contributed by atoms with van der Waals surface area (Å²) >= 11 is 0. The van der Waals surface area contributed by atoms with E-state index in [4.69, 9.17) is 5.11 Å². The minimum atomic E-state index is -4.81. The molecule has 0 bridgehead atoms. The topological polar surface area (TPSA) is 58.9 Å². The Morgan fingerprint density at radius 1 is 1.44 bits per heavy atom. The molecule has 0 aliphatic heterocycles. The van der Waals surface area contributed by atoms with Gasteiger partial charge in [-0.25, -0.2) is 9.18 Å². The second-order valence-corrected chi connectivity index (χ2v) is 3.14. The molecule has 0 amide bonds. The van der Waals surface area contributed by atoms with Crippen LogP contribution in [0, 0.1) is 5.82 Å². The van der Waals surface area contributed by atoms with Crippen molar-refractivity contribution >= 4 is 12.2 Å². The summed E-state index contributed by atoms with van der Waals surface area (Å²) in [7, 11) is 0. The number of halogens is 4. The third kappa shape index (κ3) is 4.04. The van der Waals surface area contributed by atoms with Crippen LogP contribution in [-0.4, -0.2) is 23.9 Å². The smallest absolute Gasteiger partial charge is 0.419 e. The standard InChI is InChI=1S/C10H7F4NO3/c11-8-2-1-6(3-7(8)10(12,13)14)4-15-18-5-9(16)17/h1-4H,5H2,(H,16,17)/b15-4+. The number of nitrogens with zero attached hydrogens (tertiary/aromatic N) is 1. The number of carboxylic acid groups (broad SMARTS) is 1. The highest BCUT2D eigenvalue weighted by molar-refractivity contribution is 5.79. The molecule has 4 nitrogen and oxygen atoms in total. The molecule has 1 aromatic carbocycles. The largest absolute Gasteiger partial charge is 0.479 e. The number of alkyl halides is 3. The first-order chi connectivity index (χ1) is 8.30. The van der Waals surface area contributed by atoms with E-state index in [1.54, 1.807) is 0 Å². The lowest BCUT2D eigenvalue weighted by molar-refractivity contribution is -0.142. The van der Waals surface area contributed by atoms with Gasteiger partial charge in [0, 0.05) is 0 Å². The van der Waals surface area contributed by atoms with Gasteiger partial charge in [-0.05, 0) is 17.7 Å². The molecule has 0 saturated heterocycles. The van der Waals surface area contributed by atoms with Crippen LogP contribution in [0.3, 0.4) is 0 Å². The van der Waals surface area contributed by atoms with Gasteiger partial charge in [0.25, 0.3) is 0 Å². The molecule has 0 aliphatic carbocycles. The summed E-state index contributed by atoms with van der Waals surface area (Å²) in [6.45, 7) is -0.718. The van der Waals surface area contributed by atoms with Crippen LogP contribution < -0.4 is 0 Å². The molecule has 0 saturated carbocycles. The monoisotopic (exact) mass is 265 g/mol. The Hall–Kier alpha value is -2.12. The minimum absolute atomic E-state index is 0.0610. The lowest BCUT2D eigenvalue weighted by Crippen LogP contribution is -2.08. The maximum absolute atomic E-state index is 12.9. The van der Waals surface area contributed by atoms with Gasteiger partial charge in [0.05, 0.1) is 11.8 Å². The molecule has 0 fully saturated rings. The summed E-state index contributed by atoms with van der Waals surface area (Å²) < 4.78 is 49.9. The number of carboxylic acids is 1. The van der Waals surface area contributed by atoms with Crippen LogP contribution >= 0.6 is 0 Å². The third-order valence-corrected chi connectivity index (χ3v) is 1.76. The molecule has 0 heterocycles. The van der Waals surface area contributed by atoms with E-state index < -0.39 is 30.1 Å². The quantitative estimate of drug-likeness (QED) is 0.516. The Labute approximate surface area is 98.5 Å². The summed E-state index contributed by atoms with van der Waals surface area (Å²) in [5.41, 5.74) is -1.49. The van der Waals surface area contributed by atoms with Gasteiger partial charge in [-0.1, -0.05) is 11.2 Å². The van der Waals surface area contributed by atoms with Crippen LogP contribution in [0.15, 0.2) is 23.4 Å². The van der Waals surface area contributed by atoms with Crippen molar-refractivity contribution in [3.63, 3.8) is 0 Å². The summed E-state index contributed by atoms with van der Waals surface area (Å²) in [5.74, 6) is -2.67. The third-order valence-electron chi connectivity index (χ3n) is 1.76. The SMILES string of the molecule is O=C(O)CO/N=C/c1ccc(F)c(C(F)(F)F)c1. The molecular formula is C10H7F4NO3. The van der Waals surface area contributed by atoms with E-state index in [1.165, 1.54) is 0 Å². The number of hydrogen-bond donors (Lipinski definition) is 1. The van der Waals surface area contributed by atoms with Crippen LogP contribution in [0.2, 0.25) is 0 Å². The number of oxime groups is 1. The molecule has 0 aromatic heterocycles. The molecule has 8 heteroatoms. The summed E-state index contributed by atoms with van der Waals surface area (Å²) in [4.78, 5) is 14.3. The van der Waals surface area contributed by atoms with Crippen LogP contribution in [-0.2, 0) is 15.8 Å². The molecule has 0 radical (unpaired) electrons. The highest BCUT2D eigenvalue weighted by Crippen LogP contribution is 2.31. The van der Waals surface area contributed by atoms with Crippen molar-refractivity contribution in [2.75, 3.05) is 6.61 Å². The summed E-state index contributed by atoms with van der Waals surface area (Å²) in [6, 6.07) is 2.24. The Bertz CT molecular complexity index is 471.